The molecule has 3 rings (SSSR count). The molecule has 2 aromatic rings. The molecule has 0 bridgehead atoms. The molecule has 98 valence electrons. The van der Waals surface area contributed by atoms with Crippen molar-refractivity contribution in [1.29, 1.82) is 0 Å². The van der Waals surface area contributed by atoms with E-state index in [-0.39, 0.29) is 0 Å². The van der Waals surface area contributed by atoms with E-state index in [0.29, 0.717) is 11.5 Å². The molecule has 1 nitrogen and oxygen atoms in total. The van der Waals surface area contributed by atoms with Gasteiger partial charge in [-0.15, -0.1) is 0 Å². The molecule has 0 N–H and O–H groups in total. The van der Waals surface area contributed by atoms with Crippen molar-refractivity contribution >= 4 is 18.8 Å². The predicted octanol–water partition coefficient (Wildman–Crippen LogP) is 3.62. The SMILES string of the molecule is CC(C)(C)[Si]1(F)c2ccccc2Oc2ccccc21. The second-order valence-electron chi connectivity index (χ2n) is 6.00. The van der Waals surface area contributed by atoms with Gasteiger partial charge in [0, 0.05) is 10.4 Å². The Bertz CT molecular complexity index is 585. The Kier molecular flexibility index (Phi) is 2.57. The first-order chi connectivity index (χ1) is 8.94. The molecule has 19 heavy (non-hydrogen) atoms. The van der Waals surface area contributed by atoms with Gasteiger partial charge in [-0.2, -0.15) is 0 Å². The normalized spacial score (nSPS) is 16.2. The highest BCUT2D eigenvalue weighted by Gasteiger charge is 2.54. The second-order valence-corrected chi connectivity index (χ2v) is 9.90. The molecule has 1 heterocycles. The van der Waals surface area contributed by atoms with Crippen molar-refractivity contribution in [1.82, 2.24) is 0 Å². The molecule has 2 aromatic carbocycles. The van der Waals surface area contributed by atoms with Crippen LogP contribution in [0.5, 0.6) is 11.5 Å². The van der Waals surface area contributed by atoms with Crippen LogP contribution < -0.4 is 15.1 Å². The largest absolute Gasteiger partial charge is 0.457 e. The average Bonchev–Trinajstić information content (AvgIpc) is 2.38. The number of halogens is 1. The Labute approximate surface area is 114 Å². The summed E-state index contributed by atoms with van der Waals surface area (Å²) in [5, 5.41) is 1.09. The number of rotatable bonds is 0. The summed E-state index contributed by atoms with van der Waals surface area (Å²) in [6.07, 6.45) is 0. The van der Waals surface area contributed by atoms with Crippen LogP contribution in [0.25, 0.3) is 0 Å². The summed E-state index contributed by atoms with van der Waals surface area (Å²) >= 11 is 0. The average molecular weight is 272 g/mol. The zero-order chi connectivity index (χ0) is 13.7. The molecular formula is C16H17FOSi. The molecule has 0 aromatic heterocycles. The minimum absolute atomic E-state index is 0.414. The maximum Gasteiger partial charge on any atom is 0.321 e. The number of benzene rings is 2. The Morgan fingerprint density at radius 1 is 0.842 bits per heavy atom. The molecule has 0 amide bonds. The van der Waals surface area contributed by atoms with Crippen molar-refractivity contribution < 1.29 is 8.84 Å². The Hall–Kier alpha value is -1.61. The Balaban J connectivity index is 2.35. The first-order valence-electron chi connectivity index (χ1n) is 6.50. The second kappa shape index (κ2) is 3.94. The third-order valence-corrected chi connectivity index (χ3v) is 8.15. The standard InChI is InChI=1S/C16H17FOSi/c1-16(2,3)19(17)14-10-6-4-8-12(14)18-13-9-5-7-11-15(13)19/h4-11H,1-3H3. The van der Waals surface area contributed by atoms with E-state index < -0.39 is 13.4 Å². The van der Waals surface area contributed by atoms with Gasteiger partial charge in [-0.1, -0.05) is 57.2 Å². The molecule has 0 unspecified atom stereocenters. The van der Waals surface area contributed by atoms with Crippen LogP contribution in [-0.4, -0.2) is 8.41 Å². The van der Waals surface area contributed by atoms with Crippen molar-refractivity contribution in [3.8, 4) is 11.5 Å². The smallest absolute Gasteiger partial charge is 0.321 e. The number of para-hydroxylation sites is 2. The predicted molar refractivity (Wildman–Crippen MR) is 78.8 cm³/mol. The minimum Gasteiger partial charge on any atom is -0.457 e. The van der Waals surface area contributed by atoms with E-state index in [0.717, 1.165) is 10.4 Å². The highest BCUT2D eigenvalue weighted by atomic mass is 28.4. The van der Waals surface area contributed by atoms with Gasteiger partial charge < -0.3 is 8.84 Å². The lowest BCUT2D eigenvalue weighted by molar-refractivity contribution is 0.479. The van der Waals surface area contributed by atoms with Gasteiger partial charge in [0.25, 0.3) is 0 Å². The first kappa shape index (κ1) is 12.4. The fourth-order valence-electron chi connectivity index (χ4n) is 2.75. The third-order valence-electron chi connectivity index (χ3n) is 3.77. The third kappa shape index (κ3) is 1.65. The molecule has 0 saturated carbocycles. The lowest BCUT2D eigenvalue weighted by atomic mass is 10.2. The quantitative estimate of drug-likeness (QED) is 0.526. The van der Waals surface area contributed by atoms with Crippen LogP contribution in [0.4, 0.5) is 4.11 Å². The van der Waals surface area contributed by atoms with Crippen molar-refractivity contribution in [3.63, 3.8) is 0 Å². The minimum atomic E-state index is -3.30. The molecule has 0 fully saturated rings. The molecular weight excluding hydrogens is 255 g/mol. The van der Waals surface area contributed by atoms with Crippen LogP contribution in [0.3, 0.4) is 0 Å². The van der Waals surface area contributed by atoms with Gasteiger partial charge in [0.1, 0.15) is 11.5 Å². The van der Waals surface area contributed by atoms with Gasteiger partial charge in [-0.05, 0) is 17.2 Å². The van der Waals surface area contributed by atoms with E-state index >= 15 is 4.11 Å². The van der Waals surface area contributed by atoms with E-state index in [1.807, 2.05) is 69.3 Å². The molecule has 0 saturated heterocycles. The molecule has 1 aliphatic heterocycles. The topological polar surface area (TPSA) is 9.23 Å². The van der Waals surface area contributed by atoms with E-state index in [4.69, 9.17) is 4.74 Å². The summed E-state index contributed by atoms with van der Waals surface area (Å²) in [6, 6.07) is 15.0. The lowest BCUT2D eigenvalue weighted by Crippen LogP contribution is -2.63. The van der Waals surface area contributed by atoms with Crippen LogP contribution in [0.15, 0.2) is 48.5 Å². The highest BCUT2D eigenvalue weighted by molar-refractivity contribution is 7.00. The van der Waals surface area contributed by atoms with Gasteiger partial charge in [0.2, 0.25) is 0 Å². The van der Waals surface area contributed by atoms with Gasteiger partial charge in [-0.25, -0.2) is 0 Å². The van der Waals surface area contributed by atoms with Crippen LogP contribution in [0, 0.1) is 0 Å². The van der Waals surface area contributed by atoms with Crippen LogP contribution in [0.2, 0.25) is 5.04 Å². The van der Waals surface area contributed by atoms with Crippen LogP contribution in [-0.2, 0) is 0 Å². The summed E-state index contributed by atoms with van der Waals surface area (Å²) in [4.78, 5) is 0. The number of fused-ring (bicyclic) bond motifs is 2. The van der Waals surface area contributed by atoms with Crippen LogP contribution in [0.1, 0.15) is 20.8 Å². The molecule has 0 radical (unpaired) electrons. The van der Waals surface area contributed by atoms with E-state index in [9.17, 15) is 0 Å². The van der Waals surface area contributed by atoms with Gasteiger partial charge in [0.05, 0.1) is 0 Å². The van der Waals surface area contributed by atoms with Crippen molar-refractivity contribution in [2.45, 2.75) is 25.8 Å². The molecule has 0 aliphatic carbocycles. The fraction of sp³-hybridized carbons (Fsp3) is 0.250. The summed E-state index contributed by atoms with van der Waals surface area (Å²) < 4.78 is 22.0. The molecule has 1 aliphatic rings. The summed E-state index contributed by atoms with van der Waals surface area (Å²) in [5.74, 6) is 1.34. The Morgan fingerprint density at radius 3 is 1.68 bits per heavy atom. The maximum atomic E-state index is 16.1. The van der Waals surface area contributed by atoms with Crippen molar-refractivity contribution in [2.75, 3.05) is 0 Å². The first-order valence-corrected chi connectivity index (χ1v) is 8.38. The highest BCUT2D eigenvalue weighted by Crippen LogP contribution is 2.42. The molecule has 0 spiro atoms. The Morgan fingerprint density at radius 2 is 1.26 bits per heavy atom. The zero-order valence-electron chi connectivity index (χ0n) is 11.4. The van der Waals surface area contributed by atoms with Crippen LogP contribution >= 0.6 is 0 Å². The van der Waals surface area contributed by atoms with E-state index in [2.05, 4.69) is 0 Å². The van der Waals surface area contributed by atoms with Gasteiger partial charge in [-0.3, -0.25) is 0 Å². The summed E-state index contributed by atoms with van der Waals surface area (Å²) in [7, 11) is -3.30. The monoisotopic (exact) mass is 272 g/mol. The molecule has 3 heteroatoms. The number of ether oxygens (including phenoxy) is 1. The fourth-order valence-corrected chi connectivity index (χ4v) is 6.26. The van der Waals surface area contributed by atoms with E-state index in [1.165, 1.54) is 0 Å². The number of hydrogen-bond acceptors (Lipinski definition) is 1. The van der Waals surface area contributed by atoms with Gasteiger partial charge >= 0.3 is 8.41 Å². The lowest BCUT2D eigenvalue weighted by Gasteiger charge is -2.40. The van der Waals surface area contributed by atoms with E-state index in [1.54, 1.807) is 0 Å². The summed E-state index contributed by atoms with van der Waals surface area (Å²) in [6.45, 7) is 5.95. The molecule has 0 atom stereocenters. The van der Waals surface area contributed by atoms with Gasteiger partial charge in [0.15, 0.2) is 0 Å². The van der Waals surface area contributed by atoms with Crippen molar-refractivity contribution in [3.05, 3.63) is 48.5 Å². The summed E-state index contributed by atoms with van der Waals surface area (Å²) in [5.41, 5.74) is 0. The number of hydrogen-bond donors (Lipinski definition) is 0. The van der Waals surface area contributed by atoms with Crippen molar-refractivity contribution in [2.24, 2.45) is 0 Å². The zero-order valence-corrected chi connectivity index (χ0v) is 12.4. The maximum absolute atomic E-state index is 16.1.